The minimum Gasteiger partial charge on any atom is -0.366 e. The number of fused-ring (bicyclic) bond motifs is 1. The number of nitriles is 1. The summed E-state index contributed by atoms with van der Waals surface area (Å²) in [5.74, 6) is 0. The Balaban J connectivity index is 2.45. The van der Waals surface area contributed by atoms with Gasteiger partial charge in [0, 0.05) is 17.8 Å². The fourth-order valence-corrected chi connectivity index (χ4v) is 2.36. The summed E-state index contributed by atoms with van der Waals surface area (Å²) in [6, 6.07) is 8.26. The largest absolute Gasteiger partial charge is 0.366 e. The van der Waals surface area contributed by atoms with Crippen LogP contribution in [0.1, 0.15) is 38.3 Å². The zero-order valence-electron chi connectivity index (χ0n) is 10.2. The van der Waals surface area contributed by atoms with Gasteiger partial charge < -0.3 is 4.90 Å². The summed E-state index contributed by atoms with van der Waals surface area (Å²) < 4.78 is 0. The van der Waals surface area contributed by atoms with E-state index >= 15 is 0 Å². The van der Waals surface area contributed by atoms with Gasteiger partial charge in [-0.15, -0.1) is 0 Å². The number of rotatable bonds is 0. The Morgan fingerprint density at radius 1 is 1.31 bits per heavy atom. The monoisotopic (exact) mass is 214 g/mol. The van der Waals surface area contributed by atoms with Gasteiger partial charge in [0.05, 0.1) is 11.6 Å². The molecule has 84 valence electrons. The molecule has 0 unspecified atom stereocenters. The quantitative estimate of drug-likeness (QED) is 0.663. The van der Waals surface area contributed by atoms with Crippen LogP contribution >= 0.6 is 0 Å². The second-order valence-electron chi connectivity index (χ2n) is 5.38. The van der Waals surface area contributed by atoms with E-state index in [-0.39, 0.29) is 5.54 Å². The minimum absolute atomic E-state index is 0.156. The van der Waals surface area contributed by atoms with Gasteiger partial charge in [0.2, 0.25) is 0 Å². The molecule has 0 spiro atoms. The molecular weight excluding hydrogens is 196 g/mol. The molecule has 0 saturated heterocycles. The van der Waals surface area contributed by atoms with Crippen LogP contribution < -0.4 is 4.90 Å². The van der Waals surface area contributed by atoms with Crippen molar-refractivity contribution in [3.8, 4) is 6.07 Å². The van der Waals surface area contributed by atoms with Gasteiger partial charge in [0.1, 0.15) is 0 Å². The van der Waals surface area contributed by atoms with E-state index in [0.29, 0.717) is 0 Å². The lowest BCUT2D eigenvalue weighted by Crippen LogP contribution is -2.44. The molecule has 0 bridgehead atoms. The second kappa shape index (κ2) is 3.83. The molecule has 0 N–H and O–H groups in total. The highest BCUT2D eigenvalue weighted by Gasteiger charge is 2.26. The average Bonchev–Trinajstić information content (AvgIpc) is 2.26. The van der Waals surface area contributed by atoms with Crippen molar-refractivity contribution in [3.63, 3.8) is 0 Å². The Bertz CT molecular complexity index is 435. The van der Waals surface area contributed by atoms with Crippen molar-refractivity contribution in [3.05, 3.63) is 29.3 Å². The van der Waals surface area contributed by atoms with Crippen molar-refractivity contribution < 1.29 is 0 Å². The Kier molecular flexibility index (Phi) is 2.63. The Labute approximate surface area is 97.5 Å². The maximum atomic E-state index is 8.90. The fourth-order valence-electron chi connectivity index (χ4n) is 2.36. The van der Waals surface area contributed by atoms with Crippen LogP contribution in [0.2, 0.25) is 0 Å². The molecule has 2 heteroatoms. The standard InChI is InChI=1S/C14H18N2/c1-14(2,3)16-8-4-5-12-9-11(10-15)6-7-13(12)16/h6-7,9H,4-5,8H2,1-3H3. The molecular formula is C14H18N2. The number of benzene rings is 1. The Hall–Kier alpha value is -1.49. The summed E-state index contributed by atoms with van der Waals surface area (Å²) in [7, 11) is 0. The third-order valence-corrected chi connectivity index (χ3v) is 3.14. The smallest absolute Gasteiger partial charge is 0.0991 e. The normalized spacial score (nSPS) is 15.5. The van der Waals surface area contributed by atoms with Gasteiger partial charge in [0.25, 0.3) is 0 Å². The third kappa shape index (κ3) is 1.90. The molecule has 0 aromatic heterocycles. The van der Waals surface area contributed by atoms with Crippen molar-refractivity contribution in [2.45, 2.75) is 39.2 Å². The van der Waals surface area contributed by atoms with Gasteiger partial charge in [-0.3, -0.25) is 0 Å². The van der Waals surface area contributed by atoms with Gasteiger partial charge in [-0.05, 0) is 57.4 Å². The molecule has 0 radical (unpaired) electrons. The van der Waals surface area contributed by atoms with E-state index in [0.717, 1.165) is 18.5 Å². The summed E-state index contributed by atoms with van der Waals surface area (Å²) in [5, 5.41) is 8.90. The zero-order chi connectivity index (χ0) is 11.8. The molecule has 0 saturated carbocycles. The molecule has 2 nitrogen and oxygen atoms in total. The van der Waals surface area contributed by atoms with Crippen LogP contribution in [0.4, 0.5) is 5.69 Å². The summed E-state index contributed by atoms with van der Waals surface area (Å²) in [5.41, 5.74) is 3.55. The van der Waals surface area contributed by atoms with Crippen LogP contribution in [-0.4, -0.2) is 12.1 Å². The predicted octanol–water partition coefficient (Wildman–Crippen LogP) is 3.11. The van der Waals surface area contributed by atoms with Crippen molar-refractivity contribution in [1.29, 1.82) is 5.26 Å². The van der Waals surface area contributed by atoms with Crippen LogP contribution in [-0.2, 0) is 6.42 Å². The molecule has 16 heavy (non-hydrogen) atoms. The van der Waals surface area contributed by atoms with Crippen molar-refractivity contribution in [1.82, 2.24) is 0 Å². The number of hydrogen-bond donors (Lipinski definition) is 0. The van der Waals surface area contributed by atoms with Crippen LogP contribution in [0, 0.1) is 11.3 Å². The fraction of sp³-hybridized carbons (Fsp3) is 0.500. The van der Waals surface area contributed by atoms with E-state index in [1.807, 2.05) is 12.1 Å². The number of hydrogen-bond acceptors (Lipinski definition) is 2. The molecule has 0 atom stereocenters. The first kappa shape index (κ1) is 11.0. The van der Waals surface area contributed by atoms with E-state index in [1.54, 1.807) is 0 Å². The summed E-state index contributed by atoms with van der Waals surface area (Å²) in [4.78, 5) is 2.44. The molecule has 0 amide bonds. The minimum atomic E-state index is 0.156. The van der Waals surface area contributed by atoms with E-state index in [1.165, 1.54) is 17.7 Å². The number of anilines is 1. The molecule has 1 aromatic rings. The van der Waals surface area contributed by atoms with Crippen molar-refractivity contribution in [2.24, 2.45) is 0 Å². The SMILES string of the molecule is CC(C)(C)N1CCCc2cc(C#N)ccc21. The molecule has 2 rings (SSSR count). The maximum Gasteiger partial charge on any atom is 0.0991 e. The second-order valence-corrected chi connectivity index (χ2v) is 5.38. The van der Waals surface area contributed by atoms with Gasteiger partial charge in [0.15, 0.2) is 0 Å². The first-order valence-electron chi connectivity index (χ1n) is 5.83. The lowest BCUT2D eigenvalue weighted by Gasteiger charge is -2.41. The molecule has 1 heterocycles. The van der Waals surface area contributed by atoms with Gasteiger partial charge in [-0.25, -0.2) is 0 Å². The van der Waals surface area contributed by atoms with Gasteiger partial charge in [-0.2, -0.15) is 5.26 Å². The number of aryl methyl sites for hydroxylation is 1. The highest BCUT2D eigenvalue weighted by atomic mass is 15.2. The van der Waals surface area contributed by atoms with Crippen molar-refractivity contribution in [2.75, 3.05) is 11.4 Å². The molecule has 1 aromatic carbocycles. The Morgan fingerprint density at radius 3 is 2.69 bits per heavy atom. The topological polar surface area (TPSA) is 27.0 Å². The Morgan fingerprint density at radius 2 is 2.06 bits per heavy atom. The lowest BCUT2D eigenvalue weighted by atomic mass is 9.94. The summed E-state index contributed by atoms with van der Waals surface area (Å²) >= 11 is 0. The molecule has 0 fully saturated rings. The van der Waals surface area contributed by atoms with Gasteiger partial charge >= 0.3 is 0 Å². The first-order valence-corrected chi connectivity index (χ1v) is 5.83. The predicted molar refractivity (Wildman–Crippen MR) is 66.6 cm³/mol. The van der Waals surface area contributed by atoms with Crippen LogP contribution in [0.3, 0.4) is 0 Å². The average molecular weight is 214 g/mol. The highest BCUT2D eigenvalue weighted by molar-refractivity contribution is 5.59. The van der Waals surface area contributed by atoms with Crippen LogP contribution in [0.15, 0.2) is 18.2 Å². The van der Waals surface area contributed by atoms with Crippen molar-refractivity contribution >= 4 is 5.69 Å². The third-order valence-electron chi connectivity index (χ3n) is 3.14. The molecule has 1 aliphatic rings. The van der Waals surface area contributed by atoms with Gasteiger partial charge in [-0.1, -0.05) is 0 Å². The zero-order valence-corrected chi connectivity index (χ0v) is 10.2. The van der Waals surface area contributed by atoms with E-state index in [2.05, 4.69) is 37.8 Å². The highest BCUT2D eigenvalue weighted by Crippen LogP contribution is 2.32. The molecule has 0 aliphatic carbocycles. The summed E-state index contributed by atoms with van der Waals surface area (Å²) in [6.45, 7) is 7.82. The van der Waals surface area contributed by atoms with E-state index in [9.17, 15) is 0 Å². The maximum absolute atomic E-state index is 8.90. The molecule has 1 aliphatic heterocycles. The summed E-state index contributed by atoms with van der Waals surface area (Å²) in [6.07, 6.45) is 2.27. The van der Waals surface area contributed by atoms with E-state index in [4.69, 9.17) is 5.26 Å². The van der Waals surface area contributed by atoms with E-state index < -0.39 is 0 Å². The van der Waals surface area contributed by atoms with Crippen LogP contribution in [0.25, 0.3) is 0 Å². The number of nitrogens with zero attached hydrogens (tertiary/aromatic N) is 2. The lowest BCUT2D eigenvalue weighted by molar-refractivity contribution is 0.483. The first-order chi connectivity index (χ1) is 7.52. The van der Waals surface area contributed by atoms with Crippen LogP contribution in [0.5, 0.6) is 0 Å².